The molecule has 1 aliphatic heterocycles. The maximum atomic E-state index is 12.4. The lowest BCUT2D eigenvalue weighted by atomic mass is 10.1. The molecular weight excluding hydrogens is 294 g/mol. The third-order valence-electron chi connectivity index (χ3n) is 3.46. The van der Waals surface area contributed by atoms with Crippen LogP contribution in [0.5, 0.6) is 0 Å². The molecule has 0 aromatic heterocycles. The van der Waals surface area contributed by atoms with Crippen LogP contribution < -0.4 is 5.73 Å². The largest absolute Gasteiger partial charge is 0.481 e. The van der Waals surface area contributed by atoms with Crippen LogP contribution in [0.25, 0.3) is 0 Å². The Morgan fingerprint density at radius 3 is 2.59 bits per heavy atom. The van der Waals surface area contributed by atoms with Crippen molar-refractivity contribution in [3.05, 3.63) is 45.5 Å². The highest BCUT2D eigenvalue weighted by Gasteiger charge is 2.49. The summed E-state index contributed by atoms with van der Waals surface area (Å²) < 4.78 is 0. The second kappa shape index (κ2) is 5.80. The average molecular weight is 307 g/mol. The van der Waals surface area contributed by atoms with Gasteiger partial charge in [-0.05, 0) is 18.6 Å². The van der Waals surface area contributed by atoms with Gasteiger partial charge in [0.2, 0.25) is 5.91 Å². The average Bonchev–Trinajstić information content (AvgIpc) is 2.73. The quantitative estimate of drug-likeness (QED) is 0.565. The van der Waals surface area contributed by atoms with Crippen molar-refractivity contribution in [1.29, 1.82) is 0 Å². The smallest absolute Gasteiger partial charge is 0.316 e. The minimum Gasteiger partial charge on any atom is -0.481 e. The summed E-state index contributed by atoms with van der Waals surface area (Å²) in [5.74, 6) is -2.87. The summed E-state index contributed by atoms with van der Waals surface area (Å²) >= 11 is 0. The Labute approximate surface area is 124 Å². The molecule has 1 aromatic carbocycles. The molecule has 2 amide bonds. The Morgan fingerprint density at radius 2 is 2.05 bits per heavy atom. The van der Waals surface area contributed by atoms with E-state index in [1.807, 2.05) is 0 Å². The zero-order valence-corrected chi connectivity index (χ0v) is 11.3. The topological polar surface area (TPSA) is 144 Å². The van der Waals surface area contributed by atoms with Gasteiger partial charge in [-0.2, -0.15) is 0 Å². The van der Waals surface area contributed by atoms with Crippen LogP contribution in [-0.4, -0.2) is 38.8 Å². The lowest BCUT2D eigenvalue weighted by molar-refractivity contribution is -0.552. The Balaban J connectivity index is 2.43. The van der Waals surface area contributed by atoms with Crippen LogP contribution in [0, 0.1) is 10.1 Å². The second-order valence-electron chi connectivity index (χ2n) is 4.81. The molecule has 116 valence electrons. The molecule has 1 heterocycles. The maximum Gasteiger partial charge on any atom is 0.316 e. The second-order valence-corrected chi connectivity index (χ2v) is 4.81. The molecule has 9 nitrogen and oxygen atoms in total. The number of benzene rings is 1. The zero-order valence-electron chi connectivity index (χ0n) is 11.3. The van der Waals surface area contributed by atoms with Crippen molar-refractivity contribution < 1.29 is 24.4 Å². The summed E-state index contributed by atoms with van der Waals surface area (Å²) in [6.07, 6.45) is -2.26. The number of nitro groups is 1. The highest BCUT2D eigenvalue weighted by molar-refractivity contribution is 6.01. The van der Waals surface area contributed by atoms with Gasteiger partial charge in [-0.1, -0.05) is 12.1 Å². The molecule has 22 heavy (non-hydrogen) atoms. The Hall–Kier alpha value is -2.97. The van der Waals surface area contributed by atoms with E-state index in [-0.39, 0.29) is 17.5 Å². The van der Waals surface area contributed by atoms with Crippen LogP contribution in [0.4, 0.5) is 0 Å². The molecule has 2 rings (SSSR count). The molecule has 2 unspecified atom stereocenters. The van der Waals surface area contributed by atoms with Gasteiger partial charge in [-0.3, -0.25) is 29.4 Å². The number of aliphatic carboxylic acids is 1. The first-order valence-electron chi connectivity index (χ1n) is 6.40. The highest BCUT2D eigenvalue weighted by atomic mass is 16.6. The molecule has 0 saturated carbocycles. The van der Waals surface area contributed by atoms with E-state index in [1.165, 1.54) is 12.1 Å². The van der Waals surface area contributed by atoms with E-state index in [0.717, 1.165) is 4.90 Å². The van der Waals surface area contributed by atoms with Gasteiger partial charge in [0.15, 0.2) is 0 Å². The van der Waals surface area contributed by atoms with Crippen molar-refractivity contribution in [3.63, 3.8) is 0 Å². The number of hydrogen-bond acceptors (Lipinski definition) is 5. The van der Waals surface area contributed by atoms with Gasteiger partial charge in [0, 0.05) is 6.42 Å². The first-order chi connectivity index (χ1) is 10.3. The lowest BCUT2D eigenvalue weighted by Crippen LogP contribution is -2.48. The summed E-state index contributed by atoms with van der Waals surface area (Å²) in [5, 5.41) is 20.0. The van der Waals surface area contributed by atoms with Crippen LogP contribution in [0.15, 0.2) is 24.3 Å². The van der Waals surface area contributed by atoms with E-state index in [2.05, 4.69) is 0 Å². The van der Waals surface area contributed by atoms with Gasteiger partial charge in [0.1, 0.15) is 6.04 Å². The minimum atomic E-state index is -1.55. The molecule has 0 aliphatic carbocycles. The maximum absolute atomic E-state index is 12.4. The number of hydrogen-bond donors (Lipinski definition) is 2. The van der Waals surface area contributed by atoms with Gasteiger partial charge in [-0.15, -0.1) is 0 Å². The summed E-state index contributed by atoms with van der Waals surface area (Å²) in [7, 11) is 0. The van der Waals surface area contributed by atoms with Crippen LogP contribution in [0.2, 0.25) is 0 Å². The molecule has 0 bridgehead atoms. The third kappa shape index (κ3) is 2.60. The molecule has 3 N–H and O–H groups in total. The van der Waals surface area contributed by atoms with Crippen molar-refractivity contribution in [2.24, 2.45) is 5.73 Å². The van der Waals surface area contributed by atoms with Crippen LogP contribution in [-0.2, 0) is 9.59 Å². The van der Waals surface area contributed by atoms with Crippen molar-refractivity contribution in [2.45, 2.75) is 25.0 Å². The number of carbonyl (C=O) groups excluding carboxylic acids is 2. The van der Waals surface area contributed by atoms with Crippen LogP contribution in [0.1, 0.15) is 34.9 Å². The molecule has 1 aliphatic rings. The van der Waals surface area contributed by atoms with Crippen molar-refractivity contribution in [3.8, 4) is 0 Å². The molecule has 1 aromatic rings. The molecule has 0 fully saturated rings. The number of rotatable bonds is 6. The lowest BCUT2D eigenvalue weighted by Gasteiger charge is -2.26. The molecule has 9 heteroatoms. The van der Waals surface area contributed by atoms with Crippen LogP contribution >= 0.6 is 0 Å². The van der Waals surface area contributed by atoms with Gasteiger partial charge < -0.3 is 10.8 Å². The Bertz CT molecular complexity index is 659. The van der Waals surface area contributed by atoms with E-state index < -0.39 is 41.3 Å². The van der Waals surface area contributed by atoms with Crippen molar-refractivity contribution in [2.75, 3.05) is 0 Å². The fourth-order valence-corrected chi connectivity index (χ4v) is 2.52. The predicted octanol–water partition coefficient (Wildman–Crippen LogP) is 0.136. The fraction of sp³-hybridized carbons (Fsp3) is 0.308. The molecule has 0 saturated heterocycles. The number of carbonyl (C=O) groups is 3. The normalized spacial score (nSPS) is 17.9. The molecular formula is C13H13N3O6. The number of carboxylic acid groups (broad SMARTS) is 1. The van der Waals surface area contributed by atoms with E-state index in [9.17, 15) is 24.5 Å². The number of nitrogens with zero attached hydrogens (tertiary/aromatic N) is 2. The monoisotopic (exact) mass is 307 g/mol. The van der Waals surface area contributed by atoms with Gasteiger partial charge >= 0.3 is 12.1 Å². The Morgan fingerprint density at radius 1 is 1.41 bits per heavy atom. The van der Waals surface area contributed by atoms with Gasteiger partial charge in [-0.25, -0.2) is 0 Å². The first-order valence-corrected chi connectivity index (χ1v) is 6.40. The summed E-state index contributed by atoms with van der Waals surface area (Å²) in [6, 6.07) is 4.59. The predicted molar refractivity (Wildman–Crippen MR) is 72.2 cm³/mol. The van der Waals surface area contributed by atoms with E-state index in [0.29, 0.717) is 0 Å². The standard InChI is InChI=1S/C13H13N3O6/c14-11(19)9(5-6-10(17)18)15-12(16(21)22)7-3-1-2-4-8(7)13(15)20/h1-4,9,12H,5-6H2,(H2,14,19)(H,17,18). The van der Waals surface area contributed by atoms with Gasteiger partial charge in [0.05, 0.1) is 16.1 Å². The van der Waals surface area contributed by atoms with E-state index >= 15 is 0 Å². The van der Waals surface area contributed by atoms with Crippen molar-refractivity contribution in [1.82, 2.24) is 4.90 Å². The van der Waals surface area contributed by atoms with Crippen LogP contribution in [0.3, 0.4) is 0 Å². The number of amides is 2. The number of primary amides is 1. The van der Waals surface area contributed by atoms with E-state index in [1.54, 1.807) is 12.1 Å². The molecule has 0 spiro atoms. The molecule has 2 atom stereocenters. The summed E-state index contributed by atoms with van der Waals surface area (Å²) in [4.78, 5) is 46.0. The SMILES string of the molecule is NC(=O)C(CCC(=O)O)N1C(=O)c2ccccc2C1[N+](=O)[O-]. The molecule has 0 radical (unpaired) electrons. The number of fused-ring (bicyclic) bond motifs is 1. The summed E-state index contributed by atoms with van der Waals surface area (Å²) in [6.45, 7) is 0. The van der Waals surface area contributed by atoms with Crippen molar-refractivity contribution >= 4 is 17.8 Å². The Kier molecular flexibility index (Phi) is 4.06. The first kappa shape index (κ1) is 15.4. The van der Waals surface area contributed by atoms with Gasteiger partial charge in [0.25, 0.3) is 5.91 Å². The third-order valence-corrected chi connectivity index (χ3v) is 3.46. The number of nitrogens with two attached hydrogens (primary N) is 1. The fourth-order valence-electron chi connectivity index (χ4n) is 2.52. The van der Waals surface area contributed by atoms with E-state index in [4.69, 9.17) is 10.8 Å². The summed E-state index contributed by atoms with van der Waals surface area (Å²) in [5.41, 5.74) is 5.50. The minimum absolute atomic E-state index is 0.116. The number of carboxylic acids is 1. The highest BCUT2D eigenvalue weighted by Crippen LogP contribution is 2.36. The zero-order chi connectivity index (χ0) is 16.4.